The molecule has 0 spiro atoms. The summed E-state index contributed by atoms with van der Waals surface area (Å²) in [6.07, 6.45) is 11.8. The molecular formula is C40H58O. The van der Waals surface area contributed by atoms with Crippen LogP contribution in [0.1, 0.15) is 125 Å². The van der Waals surface area contributed by atoms with Crippen molar-refractivity contribution in [2.45, 2.75) is 125 Å². The second kappa shape index (κ2) is 9.09. The lowest BCUT2D eigenvalue weighted by molar-refractivity contribution is -0.270. The summed E-state index contributed by atoms with van der Waals surface area (Å²) in [7, 11) is 0. The van der Waals surface area contributed by atoms with E-state index in [1.54, 1.807) is 0 Å². The zero-order chi connectivity index (χ0) is 29.2. The van der Waals surface area contributed by atoms with Gasteiger partial charge in [0.05, 0.1) is 6.10 Å². The van der Waals surface area contributed by atoms with Crippen molar-refractivity contribution >= 4 is 10.8 Å². The fourth-order valence-corrected chi connectivity index (χ4v) is 13.7. The second-order valence-electron chi connectivity index (χ2n) is 17.9. The van der Waals surface area contributed by atoms with Gasteiger partial charge in [-0.05, 0) is 131 Å². The molecular weight excluding hydrogens is 496 g/mol. The number of rotatable bonds is 1. The summed E-state index contributed by atoms with van der Waals surface area (Å²) in [5.74, 6) is 4.75. The first-order valence-electron chi connectivity index (χ1n) is 17.4. The predicted molar refractivity (Wildman–Crippen MR) is 173 cm³/mol. The highest BCUT2D eigenvalue weighted by Gasteiger charge is 2.71. The Morgan fingerprint density at radius 2 is 1.44 bits per heavy atom. The normalized spacial score (nSPS) is 50.8. The Bertz CT molecular complexity index is 1320. The van der Waals surface area contributed by atoms with Crippen molar-refractivity contribution in [3.63, 3.8) is 0 Å². The van der Waals surface area contributed by atoms with E-state index in [1.807, 2.05) is 0 Å². The van der Waals surface area contributed by atoms with Crippen molar-refractivity contribution in [1.29, 1.82) is 0 Å². The van der Waals surface area contributed by atoms with Crippen LogP contribution in [0.3, 0.4) is 0 Å². The van der Waals surface area contributed by atoms with Gasteiger partial charge in [0.15, 0.2) is 0 Å². The Labute approximate surface area is 251 Å². The smallest absolute Gasteiger partial charge is 0.0668 e. The maximum Gasteiger partial charge on any atom is 0.0668 e. The summed E-state index contributed by atoms with van der Waals surface area (Å²) in [6.45, 7) is 21.0. The molecule has 1 heteroatoms. The van der Waals surface area contributed by atoms with Gasteiger partial charge in [0.1, 0.15) is 0 Å². The highest BCUT2D eigenvalue weighted by Crippen LogP contribution is 2.77. The molecule has 1 N–H and O–H groups in total. The lowest BCUT2D eigenvalue weighted by Crippen LogP contribution is -2.69. The summed E-state index contributed by atoms with van der Waals surface area (Å²) in [4.78, 5) is 0. The highest BCUT2D eigenvalue weighted by molar-refractivity contribution is 5.86. The van der Waals surface area contributed by atoms with Gasteiger partial charge in [0.2, 0.25) is 0 Å². The number of aliphatic hydroxyl groups is 1. The summed E-state index contributed by atoms with van der Waals surface area (Å²) in [5, 5.41) is 15.5. The number of benzene rings is 2. The van der Waals surface area contributed by atoms with Crippen molar-refractivity contribution in [3.05, 3.63) is 48.0 Å². The van der Waals surface area contributed by atoms with Crippen molar-refractivity contribution in [3.8, 4) is 0 Å². The van der Waals surface area contributed by atoms with Crippen LogP contribution in [-0.4, -0.2) is 11.2 Å². The zero-order valence-electron chi connectivity index (χ0n) is 27.5. The molecule has 0 amide bonds. The van der Waals surface area contributed by atoms with Crippen molar-refractivity contribution in [2.24, 2.45) is 62.6 Å². The molecule has 2 unspecified atom stereocenters. The van der Waals surface area contributed by atoms with E-state index >= 15 is 0 Å². The van der Waals surface area contributed by atoms with Crippen molar-refractivity contribution in [2.75, 3.05) is 0 Å². The van der Waals surface area contributed by atoms with Crippen molar-refractivity contribution < 1.29 is 5.11 Å². The summed E-state index contributed by atoms with van der Waals surface area (Å²) in [5.41, 5.74) is 2.74. The summed E-state index contributed by atoms with van der Waals surface area (Å²) in [6, 6.07) is 15.7. The Kier molecular flexibility index (Phi) is 6.30. The molecule has 41 heavy (non-hydrogen) atoms. The van der Waals surface area contributed by atoms with Crippen LogP contribution >= 0.6 is 0 Å². The van der Waals surface area contributed by atoms with E-state index < -0.39 is 0 Å². The fraction of sp³-hybridized carbons (Fsp3) is 0.750. The van der Waals surface area contributed by atoms with E-state index in [4.69, 9.17) is 0 Å². The SMILES string of the molecule is C[C@@H]1[C@H]2[C@H]3CC[C@@H]4[C@@]5(C)C(O)C(c6cccc7ccccc67)CC(C)(C)[C@@H]5CC[C@@]4(C)[C@]3(C)CC[C@@]2(C)CC[C@H]1C. The molecule has 1 nitrogen and oxygen atoms in total. The molecule has 0 aromatic heterocycles. The van der Waals surface area contributed by atoms with Crippen LogP contribution in [0.4, 0.5) is 0 Å². The number of hydrogen-bond donors (Lipinski definition) is 1. The van der Waals surface area contributed by atoms with E-state index in [0.717, 1.165) is 30.1 Å². The second-order valence-corrected chi connectivity index (χ2v) is 17.9. The molecule has 224 valence electrons. The molecule has 7 rings (SSSR count). The highest BCUT2D eigenvalue weighted by atomic mass is 16.3. The van der Waals surface area contributed by atoms with Crippen LogP contribution in [-0.2, 0) is 0 Å². The van der Waals surface area contributed by atoms with Gasteiger partial charge in [-0.1, -0.05) is 97.9 Å². The Morgan fingerprint density at radius 3 is 2.22 bits per heavy atom. The predicted octanol–water partition coefficient (Wildman–Crippen LogP) is 10.7. The van der Waals surface area contributed by atoms with E-state index in [0.29, 0.717) is 28.1 Å². The largest absolute Gasteiger partial charge is 0.392 e. The summed E-state index contributed by atoms with van der Waals surface area (Å²) < 4.78 is 0. The lowest BCUT2D eigenvalue weighted by atomic mass is 9.30. The van der Waals surface area contributed by atoms with E-state index in [-0.39, 0.29) is 22.9 Å². The fourth-order valence-electron chi connectivity index (χ4n) is 13.7. The van der Waals surface area contributed by atoms with Crippen LogP contribution in [0.5, 0.6) is 0 Å². The average molecular weight is 555 g/mol. The van der Waals surface area contributed by atoms with Gasteiger partial charge in [-0.15, -0.1) is 0 Å². The Morgan fingerprint density at radius 1 is 0.707 bits per heavy atom. The van der Waals surface area contributed by atoms with Gasteiger partial charge >= 0.3 is 0 Å². The summed E-state index contributed by atoms with van der Waals surface area (Å²) >= 11 is 0. The molecule has 0 heterocycles. The van der Waals surface area contributed by atoms with Crippen LogP contribution in [0.2, 0.25) is 0 Å². The first kappa shape index (κ1) is 28.4. The molecule has 2 aromatic carbocycles. The molecule has 12 atom stereocenters. The minimum Gasteiger partial charge on any atom is -0.392 e. The van der Waals surface area contributed by atoms with E-state index in [1.165, 1.54) is 67.7 Å². The lowest BCUT2D eigenvalue weighted by Gasteiger charge is -2.74. The number of aliphatic hydroxyl groups excluding tert-OH is 1. The Balaban J connectivity index is 1.31. The van der Waals surface area contributed by atoms with Crippen LogP contribution in [0.15, 0.2) is 42.5 Å². The molecule has 0 bridgehead atoms. The number of fused-ring (bicyclic) bond motifs is 8. The third-order valence-electron chi connectivity index (χ3n) is 16.1. The van der Waals surface area contributed by atoms with E-state index in [9.17, 15) is 5.11 Å². The maximum absolute atomic E-state index is 12.8. The van der Waals surface area contributed by atoms with Crippen LogP contribution in [0, 0.1) is 62.6 Å². The minimum absolute atomic E-state index is 0.0590. The molecule has 0 aliphatic heterocycles. The molecule has 5 fully saturated rings. The molecule has 5 aliphatic carbocycles. The Hall–Kier alpha value is -1.34. The molecule has 5 saturated carbocycles. The number of hydrogen-bond acceptors (Lipinski definition) is 1. The van der Waals surface area contributed by atoms with Gasteiger partial charge in [-0.2, -0.15) is 0 Å². The topological polar surface area (TPSA) is 20.2 Å². The quantitative estimate of drug-likeness (QED) is 0.372. The first-order valence-corrected chi connectivity index (χ1v) is 17.4. The third-order valence-corrected chi connectivity index (χ3v) is 16.1. The zero-order valence-corrected chi connectivity index (χ0v) is 27.5. The van der Waals surface area contributed by atoms with Gasteiger partial charge in [-0.25, -0.2) is 0 Å². The van der Waals surface area contributed by atoms with Crippen molar-refractivity contribution in [1.82, 2.24) is 0 Å². The standard InChI is InChI=1S/C40H58O/c1-25-18-20-37(5)22-23-38(6)31(34(37)26(25)2)16-17-33-39(38,7)21-19-32-36(3,4)24-30(35(41)40(32,33)8)29-15-11-13-27-12-9-10-14-28(27)29/h9-15,25-26,30-35,41H,16-24H2,1-8H3/t25-,26+,30?,31-,32+,33+,34+,35?,37-,38-,39-,40+/m1/s1. The molecule has 0 radical (unpaired) electrons. The average Bonchev–Trinajstić information content (AvgIpc) is 2.93. The van der Waals surface area contributed by atoms with Crippen LogP contribution < -0.4 is 0 Å². The molecule has 5 aliphatic rings. The molecule has 0 saturated heterocycles. The first-order chi connectivity index (χ1) is 19.3. The minimum atomic E-state index is -0.293. The third kappa shape index (κ3) is 3.63. The molecule has 2 aromatic rings. The van der Waals surface area contributed by atoms with Crippen LogP contribution in [0.25, 0.3) is 10.8 Å². The van der Waals surface area contributed by atoms with E-state index in [2.05, 4.69) is 97.9 Å². The maximum atomic E-state index is 12.8. The van der Waals surface area contributed by atoms with Gasteiger partial charge < -0.3 is 5.11 Å². The van der Waals surface area contributed by atoms with Gasteiger partial charge in [0, 0.05) is 11.3 Å². The van der Waals surface area contributed by atoms with Gasteiger partial charge in [0.25, 0.3) is 0 Å². The van der Waals surface area contributed by atoms with Gasteiger partial charge in [-0.3, -0.25) is 0 Å². The monoisotopic (exact) mass is 554 g/mol.